The van der Waals surface area contributed by atoms with Crippen LogP contribution in [-0.4, -0.2) is 16.2 Å². The van der Waals surface area contributed by atoms with Gasteiger partial charge in [0, 0.05) is 5.39 Å². The number of rotatable bonds is 5. The number of nitriles is 1. The van der Waals surface area contributed by atoms with E-state index in [-0.39, 0.29) is 29.4 Å². The molecule has 0 bridgehead atoms. The molecule has 0 saturated carbocycles. The normalized spacial score (nSPS) is 11.0. The zero-order chi connectivity index (χ0) is 18.0. The van der Waals surface area contributed by atoms with Crippen molar-refractivity contribution >= 4 is 22.5 Å². The lowest BCUT2D eigenvalue weighted by molar-refractivity contribution is 0.140. The van der Waals surface area contributed by atoms with Gasteiger partial charge in [-0.25, -0.2) is 13.8 Å². The molecule has 0 saturated heterocycles. The lowest BCUT2D eigenvalue weighted by atomic mass is 10.1. The first-order valence-corrected chi connectivity index (χ1v) is 7.63. The molecule has 1 aromatic carbocycles. The zero-order valence-corrected chi connectivity index (χ0v) is 13.5. The van der Waals surface area contributed by atoms with Crippen molar-refractivity contribution in [3.63, 3.8) is 0 Å². The lowest BCUT2D eigenvalue weighted by Crippen LogP contribution is -2.11. The van der Waals surface area contributed by atoms with Crippen LogP contribution in [0.4, 0.5) is 13.2 Å². The smallest absolute Gasteiger partial charge is 0.278 e. The largest absolute Gasteiger partial charge is 0.490 e. The summed E-state index contributed by atoms with van der Waals surface area (Å²) in [7, 11) is 0. The van der Waals surface area contributed by atoms with Gasteiger partial charge >= 0.3 is 0 Å². The second-order valence-electron chi connectivity index (χ2n) is 5.16. The Bertz CT molecular complexity index is 948. The summed E-state index contributed by atoms with van der Waals surface area (Å²) in [6, 6.07) is 8.82. The van der Waals surface area contributed by atoms with Crippen LogP contribution in [0, 0.1) is 17.3 Å². The lowest BCUT2D eigenvalue weighted by Gasteiger charge is -2.11. The van der Waals surface area contributed by atoms with Crippen molar-refractivity contribution < 1.29 is 17.9 Å². The average Bonchev–Trinajstić information content (AvgIpc) is 2.97. The first-order valence-electron chi connectivity index (χ1n) is 7.25. The van der Waals surface area contributed by atoms with E-state index in [4.69, 9.17) is 21.6 Å². The number of ether oxygens (including phenoxy) is 1. The number of hydrogen-bond donors (Lipinski definition) is 0. The molecule has 0 N–H and O–H groups in total. The van der Waals surface area contributed by atoms with Crippen LogP contribution in [0.2, 0.25) is 5.02 Å². The van der Waals surface area contributed by atoms with Crippen LogP contribution in [0.25, 0.3) is 10.9 Å². The van der Waals surface area contributed by atoms with E-state index in [0.717, 1.165) is 6.07 Å². The molecule has 3 rings (SSSR count). The molecule has 8 heteroatoms. The molecule has 0 radical (unpaired) electrons. The number of aromatic nitrogens is 2. The van der Waals surface area contributed by atoms with Crippen molar-refractivity contribution in [2.24, 2.45) is 0 Å². The highest BCUT2D eigenvalue weighted by Crippen LogP contribution is 2.33. The number of hydrogen-bond acceptors (Lipinski definition) is 3. The molecule has 0 aliphatic carbocycles. The summed E-state index contributed by atoms with van der Waals surface area (Å²) in [4.78, 5) is 3.45. The summed E-state index contributed by atoms with van der Waals surface area (Å²) in [6.07, 6.45) is -1.49. The minimum absolute atomic E-state index is 0.0778. The van der Waals surface area contributed by atoms with E-state index in [1.54, 1.807) is 6.07 Å². The number of benzene rings is 1. The molecule has 4 nitrogen and oxygen atoms in total. The molecule has 25 heavy (non-hydrogen) atoms. The maximum atomic E-state index is 13.4. The molecule has 0 unspecified atom stereocenters. The van der Waals surface area contributed by atoms with Gasteiger partial charge in [0.15, 0.2) is 0 Å². The fraction of sp³-hybridized carbons (Fsp3) is 0.176. The molecule has 0 aliphatic heterocycles. The summed E-state index contributed by atoms with van der Waals surface area (Å²) in [5.74, 6) is -0.298. The van der Waals surface area contributed by atoms with Gasteiger partial charge in [-0.2, -0.15) is 9.65 Å². The summed E-state index contributed by atoms with van der Waals surface area (Å²) in [6.45, 7) is 0.206. The molecule has 0 spiro atoms. The minimum Gasteiger partial charge on any atom is -0.490 e. The van der Waals surface area contributed by atoms with Gasteiger partial charge < -0.3 is 9.30 Å². The molecule has 2 aromatic heterocycles. The van der Waals surface area contributed by atoms with Gasteiger partial charge in [0.2, 0.25) is 5.95 Å². The van der Waals surface area contributed by atoms with Crippen LogP contribution in [0.5, 0.6) is 5.75 Å². The van der Waals surface area contributed by atoms with Crippen molar-refractivity contribution in [3.05, 3.63) is 58.8 Å². The van der Waals surface area contributed by atoms with Crippen LogP contribution >= 0.6 is 11.6 Å². The Morgan fingerprint density at radius 3 is 2.72 bits per heavy atom. The van der Waals surface area contributed by atoms with E-state index < -0.39 is 12.4 Å². The second kappa shape index (κ2) is 7.03. The molecular formula is C17H11ClF3N3O. The van der Waals surface area contributed by atoms with Crippen LogP contribution in [-0.2, 0) is 6.54 Å². The maximum Gasteiger partial charge on any atom is 0.278 e. The molecular weight excluding hydrogens is 355 g/mol. The van der Waals surface area contributed by atoms with Crippen molar-refractivity contribution in [3.8, 4) is 11.8 Å². The summed E-state index contributed by atoms with van der Waals surface area (Å²) < 4.78 is 46.3. The van der Waals surface area contributed by atoms with Crippen LogP contribution < -0.4 is 4.74 Å². The van der Waals surface area contributed by atoms with Crippen molar-refractivity contribution in [1.29, 1.82) is 5.26 Å². The monoisotopic (exact) mass is 365 g/mol. The summed E-state index contributed by atoms with van der Waals surface area (Å²) in [5.41, 5.74) is 0.494. The Morgan fingerprint density at radius 1 is 1.28 bits per heavy atom. The highest BCUT2D eigenvalue weighted by atomic mass is 35.5. The van der Waals surface area contributed by atoms with E-state index in [2.05, 4.69) is 4.98 Å². The molecule has 0 aliphatic rings. The van der Waals surface area contributed by atoms with Gasteiger partial charge in [-0.05, 0) is 30.3 Å². The minimum atomic E-state index is -2.71. The quantitative estimate of drug-likeness (QED) is 0.615. The number of alkyl halides is 2. The van der Waals surface area contributed by atoms with E-state index in [0.29, 0.717) is 16.7 Å². The third kappa shape index (κ3) is 3.39. The third-order valence-corrected chi connectivity index (χ3v) is 4.09. The first kappa shape index (κ1) is 17.1. The van der Waals surface area contributed by atoms with E-state index in [1.165, 1.54) is 29.0 Å². The number of pyridine rings is 1. The average molecular weight is 366 g/mol. The third-order valence-electron chi connectivity index (χ3n) is 3.68. The van der Waals surface area contributed by atoms with Crippen LogP contribution in [0.3, 0.4) is 0 Å². The van der Waals surface area contributed by atoms with Gasteiger partial charge in [-0.15, -0.1) is 0 Å². The van der Waals surface area contributed by atoms with Crippen LogP contribution in [0.15, 0.2) is 36.5 Å². The molecule has 0 fully saturated rings. The Hall–Kier alpha value is -2.72. The van der Waals surface area contributed by atoms with E-state index in [1.807, 2.05) is 6.07 Å². The van der Waals surface area contributed by atoms with Gasteiger partial charge in [0.25, 0.3) is 6.43 Å². The first-order chi connectivity index (χ1) is 12.0. The predicted molar refractivity (Wildman–Crippen MR) is 86.3 cm³/mol. The fourth-order valence-corrected chi connectivity index (χ4v) is 2.80. The number of halogens is 4. The summed E-state index contributed by atoms with van der Waals surface area (Å²) in [5, 5.41) is 9.54. The van der Waals surface area contributed by atoms with E-state index in [9.17, 15) is 13.2 Å². The highest BCUT2D eigenvalue weighted by Gasteiger charge is 2.19. The van der Waals surface area contributed by atoms with Gasteiger partial charge in [-0.3, -0.25) is 0 Å². The number of fused-ring (bicyclic) bond motifs is 1. The Balaban J connectivity index is 1.89. The molecule has 2 heterocycles. The SMILES string of the molecule is N#Cc1ccc2c(cc(C(F)F)n2CCOc2ccc(F)nc2)c1Cl. The molecule has 128 valence electrons. The molecule has 0 amide bonds. The second-order valence-corrected chi connectivity index (χ2v) is 5.54. The van der Waals surface area contributed by atoms with E-state index >= 15 is 0 Å². The highest BCUT2D eigenvalue weighted by molar-refractivity contribution is 6.36. The maximum absolute atomic E-state index is 13.4. The zero-order valence-electron chi connectivity index (χ0n) is 12.7. The van der Waals surface area contributed by atoms with Crippen LogP contribution in [0.1, 0.15) is 17.7 Å². The van der Waals surface area contributed by atoms with Crippen molar-refractivity contribution in [1.82, 2.24) is 9.55 Å². The van der Waals surface area contributed by atoms with Gasteiger partial charge in [0.1, 0.15) is 18.4 Å². The Morgan fingerprint density at radius 2 is 2.08 bits per heavy atom. The predicted octanol–water partition coefficient (Wildman–Crippen LogP) is 4.72. The van der Waals surface area contributed by atoms with Crippen molar-refractivity contribution in [2.45, 2.75) is 13.0 Å². The Labute approximate surface area is 146 Å². The Kier molecular flexibility index (Phi) is 4.81. The fourth-order valence-electron chi connectivity index (χ4n) is 2.54. The van der Waals surface area contributed by atoms with Gasteiger partial charge in [0.05, 0.1) is 34.5 Å². The van der Waals surface area contributed by atoms with Gasteiger partial charge in [-0.1, -0.05) is 11.6 Å². The molecule has 3 aromatic rings. The standard InChI is InChI=1S/C17H11ClF3N3O/c18-16-10(8-22)1-3-13-12(16)7-14(17(20)21)24(13)5-6-25-11-2-4-15(19)23-9-11/h1-4,7,9,17H,5-6H2. The topological polar surface area (TPSA) is 50.8 Å². The summed E-state index contributed by atoms with van der Waals surface area (Å²) >= 11 is 6.12. The van der Waals surface area contributed by atoms with Crippen molar-refractivity contribution in [2.75, 3.05) is 6.61 Å². The number of nitrogens with zero attached hydrogens (tertiary/aromatic N) is 3. The molecule has 0 atom stereocenters.